The third-order valence-corrected chi connectivity index (χ3v) is 7.52. The van der Waals surface area contributed by atoms with Crippen LogP contribution in [0.2, 0.25) is 0 Å². The number of hydrogen-bond acceptors (Lipinski definition) is 7. The molecule has 3 aliphatic rings. The zero-order valence-electron chi connectivity index (χ0n) is 17.6. The molecule has 11 nitrogen and oxygen atoms in total. The number of β-lactam (4-membered cyclic amide) rings is 1. The summed E-state index contributed by atoms with van der Waals surface area (Å²) in [5, 5.41) is 24.0. The smallest absolute Gasteiger partial charge is 0.394 e. The predicted molar refractivity (Wildman–Crippen MR) is 110 cm³/mol. The lowest BCUT2D eigenvalue weighted by molar-refractivity contribution is -0.159. The molecule has 12 heteroatoms. The van der Waals surface area contributed by atoms with Crippen LogP contribution >= 0.6 is 11.8 Å². The highest BCUT2D eigenvalue weighted by Gasteiger charge is 2.60. The molecule has 0 aliphatic carbocycles. The number of nitrogens with one attached hydrogen (secondary N) is 2. The highest BCUT2D eigenvalue weighted by Crippen LogP contribution is 2.51. The van der Waals surface area contributed by atoms with Crippen LogP contribution in [0.25, 0.3) is 0 Å². The van der Waals surface area contributed by atoms with Crippen molar-refractivity contribution in [1.82, 2.24) is 20.4 Å². The molecule has 0 aromatic rings. The summed E-state index contributed by atoms with van der Waals surface area (Å²) in [5.74, 6) is -5.57. The number of carbonyl (C=O) groups is 5. The first kappa shape index (κ1) is 23.1. The van der Waals surface area contributed by atoms with Crippen LogP contribution in [0.15, 0.2) is 10.6 Å². The SMILES string of the molecule is CC(NC(=O)C(=O)O)[C@H]1C(=O)N2C(C(=O)O)=C(S[C@@H]3CN[C@H](C(=O)N(C)C)C3)[C@H](C)[C@H]12. The number of rotatable bonds is 6. The Bertz CT molecular complexity index is 873. The van der Waals surface area contributed by atoms with Gasteiger partial charge in [-0.1, -0.05) is 6.92 Å². The predicted octanol–water partition coefficient (Wildman–Crippen LogP) is -1.10. The van der Waals surface area contributed by atoms with Crippen LogP contribution in [0, 0.1) is 11.8 Å². The summed E-state index contributed by atoms with van der Waals surface area (Å²) in [5.41, 5.74) is -0.0668. The fraction of sp³-hybridized carbons (Fsp3) is 0.632. The Hall–Kier alpha value is -2.60. The Kier molecular flexibility index (Phi) is 6.33. The van der Waals surface area contributed by atoms with Crippen LogP contribution in [0.3, 0.4) is 0 Å². The van der Waals surface area contributed by atoms with Crippen molar-refractivity contribution in [3.05, 3.63) is 10.6 Å². The Morgan fingerprint density at radius 1 is 1.26 bits per heavy atom. The monoisotopic (exact) mass is 454 g/mol. The maximum absolute atomic E-state index is 12.8. The first-order chi connectivity index (χ1) is 14.5. The van der Waals surface area contributed by atoms with Crippen molar-refractivity contribution in [3.63, 3.8) is 0 Å². The van der Waals surface area contributed by atoms with E-state index in [1.807, 2.05) is 6.92 Å². The molecule has 0 aromatic carbocycles. The molecule has 2 saturated heterocycles. The molecule has 1 unspecified atom stereocenters. The number of fused-ring (bicyclic) bond motifs is 1. The minimum absolute atomic E-state index is 0.0305. The first-order valence-corrected chi connectivity index (χ1v) is 10.8. The van der Waals surface area contributed by atoms with Crippen molar-refractivity contribution in [1.29, 1.82) is 0 Å². The summed E-state index contributed by atoms with van der Waals surface area (Å²) in [6.45, 7) is 3.90. The molecule has 4 N–H and O–H groups in total. The summed E-state index contributed by atoms with van der Waals surface area (Å²) < 4.78 is 0. The van der Waals surface area contributed by atoms with Gasteiger partial charge in [-0.15, -0.1) is 11.8 Å². The highest BCUT2D eigenvalue weighted by atomic mass is 32.2. The lowest BCUT2D eigenvalue weighted by atomic mass is 9.78. The maximum Gasteiger partial charge on any atom is 0.394 e. The average molecular weight is 455 g/mol. The molecule has 3 amide bonds. The van der Waals surface area contributed by atoms with E-state index in [-0.39, 0.29) is 28.8 Å². The second-order valence-corrected chi connectivity index (χ2v) is 9.61. The van der Waals surface area contributed by atoms with Crippen LogP contribution in [0.5, 0.6) is 0 Å². The number of amides is 3. The molecular weight excluding hydrogens is 428 g/mol. The third kappa shape index (κ3) is 4.01. The summed E-state index contributed by atoms with van der Waals surface area (Å²) in [4.78, 5) is 62.6. The van der Waals surface area contributed by atoms with Gasteiger partial charge < -0.3 is 30.6 Å². The molecule has 0 radical (unpaired) electrons. The topological polar surface area (TPSA) is 156 Å². The van der Waals surface area contributed by atoms with Crippen molar-refractivity contribution in [2.75, 3.05) is 20.6 Å². The average Bonchev–Trinajstić information content (AvgIpc) is 3.23. The van der Waals surface area contributed by atoms with Crippen molar-refractivity contribution in [3.8, 4) is 0 Å². The summed E-state index contributed by atoms with van der Waals surface area (Å²) >= 11 is 1.36. The van der Waals surface area contributed by atoms with Crippen LogP contribution in [-0.4, -0.2) is 93.7 Å². The number of nitrogens with zero attached hydrogens (tertiary/aromatic N) is 2. The Labute approximate surface area is 183 Å². The number of likely N-dealkylation sites (N-methyl/N-ethyl adjacent to an activating group) is 1. The van der Waals surface area contributed by atoms with Crippen LogP contribution in [0.4, 0.5) is 0 Å². The summed E-state index contributed by atoms with van der Waals surface area (Å²) in [7, 11) is 3.35. The van der Waals surface area contributed by atoms with Crippen molar-refractivity contribution >= 4 is 41.4 Å². The Morgan fingerprint density at radius 3 is 2.45 bits per heavy atom. The van der Waals surface area contributed by atoms with Crippen LogP contribution in [0.1, 0.15) is 20.3 Å². The Morgan fingerprint density at radius 2 is 1.90 bits per heavy atom. The molecule has 31 heavy (non-hydrogen) atoms. The molecule has 2 fully saturated rings. The standard InChI is InChI=1S/C19H26N4O7S/c1-7-12-11(8(2)21-15(24)19(29)30)17(26)23(12)13(18(27)28)14(7)31-9-5-10(20-6-9)16(25)22(3)4/h7-12,20H,5-6H2,1-4H3,(H,21,24)(H,27,28)(H,29,30)/t7-,8?,9+,10+,11-,12-/m1/s1. The van der Waals surface area contributed by atoms with Crippen LogP contribution < -0.4 is 10.6 Å². The van der Waals surface area contributed by atoms with E-state index in [0.29, 0.717) is 17.9 Å². The summed E-state index contributed by atoms with van der Waals surface area (Å²) in [6, 6.07) is -1.57. The molecule has 6 atom stereocenters. The van der Waals surface area contributed by atoms with Crippen LogP contribution in [-0.2, 0) is 24.0 Å². The molecule has 3 rings (SSSR count). The van der Waals surface area contributed by atoms with Gasteiger partial charge in [0, 0.05) is 42.8 Å². The molecule has 0 spiro atoms. The number of carboxylic acids is 2. The quantitative estimate of drug-likeness (QED) is 0.289. The van der Waals surface area contributed by atoms with Gasteiger partial charge in [0.2, 0.25) is 11.8 Å². The molecule has 170 valence electrons. The van der Waals surface area contributed by atoms with Crippen molar-refractivity contribution < 1.29 is 34.2 Å². The molecule has 3 aliphatic heterocycles. The molecular formula is C19H26N4O7S. The first-order valence-electron chi connectivity index (χ1n) is 9.91. The highest BCUT2D eigenvalue weighted by molar-refractivity contribution is 8.03. The van der Waals surface area contributed by atoms with Gasteiger partial charge in [0.25, 0.3) is 0 Å². The zero-order valence-corrected chi connectivity index (χ0v) is 18.4. The molecule has 0 bridgehead atoms. The van der Waals surface area contributed by atoms with Gasteiger partial charge in [0.1, 0.15) is 5.70 Å². The van der Waals surface area contributed by atoms with Gasteiger partial charge in [-0.25, -0.2) is 9.59 Å². The number of carboxylic acid groups (broad SMARTS) is 2. The van der Waals surface area contributed by atoms with Crippen molar-refractivity contribution in [2.24, 2.45) is 11.8 Å². The number of aliphatic carboxylic acids is 2. The fourth-order valence-electron chi connectivity index (χ4n) is 4.53. The number of hydrogen-bond donors (Lipinski definition) is 4. The lowest BCUT2D eigenvalue weighted by Crippen LogP contribution is -2.66. The molecule has 0 saturated carbocycles. The normalized spacial score (nSPS) is 30.5. The van der Waals surface area contributed by atoms with E-state index in [4.69, 9.17) is 5.11 Å². The van der Waals surface area contributed by atoms with Gasteiger partial charge >= 0.3 is 17.8 Å². The number of carbonyl (C=O) groups excluding carboxylic acids is 3. The van der Waals surface area contributed by atoms with E-state index < -0.39 is 41.8 Å². The lowest BCUT2D eigenvalue weighted by Gasteiger charge is -2.47. The Balaban J connectivity index is 1.76. The van der Waals surface area contributed by atoms with Gasteiger partial charge in [-0.2, -0.15) is 0 Å². The van der Waals surface area contributed by atoms with Crippen molar-refractivity contribution in [2.45, 2.75) is 43.6 Å². The van der Waals surface area contributed by atoms with Gasteiger partial charge in [0.05, 0.1) is 18.0 Å². The zero-order chi connectivity index (χ0) is 23.2. The van der Waals surface area contributed by atoms with Gasteiger partial charge in [-0.3, -0.25) is 14.4 Å². The minimum Gasteiger partial charge on any atom is -0.477 e. The second kappa shape index (κ2) is 8.50. The van der Waals surface area contributed by atoms with Gasteiger partial charge in [-0.05, 0) is 13.3 Å². The molecule has 3 heterocycles. The third-order valence-electron chi connectivity index (χ3n) is 6.01. The largest absolute Gasteiger partial charge is 0.477 e. The number of thioether (sulfide) groups is 1. The minimum atomic E-state index is -1.65. The fourth-order valence-corrected chi connectivity index (χ4v) is 6.01. The molecule has 0 aromatic heterocycles. The second-order valence-electron chi connectivity index (χ2n) is 8.27. The van der Waals surface area contributed by atoms with E-state index in [1.165, 1.54) is 28.5 Å². The van der Waals surface area contributed by atoms with E-state index in [2.05, 4.69) is 10.6 Å². The van der Waals surface area contributed by atoms with E-state index in [0.717, 1.165) is 0 Å². The summed E-state index contributed by atoms with van der Waals surface area (Å²) in [6.07, 6.45) is 0.540. The van der Waals surface area contributed by atoms with E-state index in [1.54, 1.807) is 14.1 Å². The van der Waals surface area contributed by atoms with E-state index >= 15 is 0 Å². The van der Waals surface area contributed by atoms with E-state index in [9.17, 15) is 29.1 Å². The maximum atomic E-state index is 12.8. The van der Waals surface area contributed by atoms with Gasteiger partial charge in [0.15, 0.2) is 0 Å².